The maximum absolute atomic E-state index is 9.72. The second kappa shape index (κ2) is 4.89. The third kappa shape index (κ3) is 2.59. The van der Waals surface area contributed by atoms with Crippen LogP contribution in [0.15, 0.2) is 6.07 Å². The average Bonchev–Trinajstić information content (AvgIpc) is 2.31. The number of amidine groups is 1. The van der Waals surface area contributed by atoms with Crippen LogP contribution < -0.4 is 10.6 Å². The Morgan fingerprint density at radius 1 is 1.56 bits per heavy atom. The number of hydrogen-bond donors (Lipinski definition) is 3. The summed E-state index contributed by atoms with van der Waals surface area (Å²) in [6, 6.07) is 1.70. The maximum Gasteiger partial charge on any atom is 0.226 e. The molecule has 0 aromatic carbocycles. The normalized spacial score (nSPS) is 24.1. The molecular formula is C12H19N5O. The highest BCUT2D eigenvalue weighted by Gasteiger charge is 2.26. The van der Waals surface area contributed by atoms with Crippen LogP contribution in [0, 0.1) is 18.3 Å². The molecule has 0 amide bonds. The third-order valence-electron chi connectivity index (χ3n) is 3.26. The molecule has 0 radical (unpaired) electrons. The van der Waals surface area contributed by atoms with E-state index in [0.717, 1.165) is 18.8 Å². The van der Waals surface area contributed by atoms with E-state index in [9.17, 15) is 5.11 Å². The van der Waals surface area contributed by atoms with Crippen molar-refractivity contribution in [1.29, 1.82) is 5.41 Å². The number of rotatable bonds is 2. The number of piperidine rings is 1. The molecule has 1 aromatic heterocycles. The van der Waals surface area contributed by atoms with E-state index in [1.54, 1.807) is 6.07 Å². The van der Waals surface area contributed by atoms with E-state index < -0.39 is 0 Å². The monoisotopic (exact) mass is 249 g/mol. The molecule has 2 heterocycles. The summed E-state index contributed by atoms with van der Waals surface area (Å²) in [5.74, 6) is 0.745. The number of nitrogens with zero attached hydrogens (tertiary/aromatic N) is 3. The number of nitrogens with one attached hydrogen (secondary N) is 1. The SMILES string of the molecule is Cc1cc(C(=N)N)nc(N2CCC(O)C(C)C2)n1. The average molecular weight is 249 g/mol. The van der Waals surface area contributed by atoms with Crippen molar-refractivity contribution >= 4 is 11.8 Å². The highest BCUT2D eigenvalue weighted by Crippen LogP contribution is 2.20. The van der Waals surface area contributed by atoms with Crippen LogP contribution in [0.4, 0.5) is 5.95 Å². The molecule has 1 saturated heterocycles. The molecule has 98 valence electrons. The minimum Gasteiger partial charge on any atom is -0.393 e. The molecule has 18 heavy (non-hydrogen) atoms. The van der Waals surface area contributed by atoms with Crippen molar-refractivity contribution in [2.75, 3.05) is 18.0 Å². The summed E-state index contributed by atoms with van der Waals surface area (Å²) in [5, 5.41) is 17.2. The zero-order valence-corrected chi connectivity index (χ0v) is 10.7. The van der Waals surface area contributed by atoms with E-state index in [4.69, 9.17) is 11.1 Å². The van der Waals surface area contributed by atoms with Gasteiger partial charge < -0.3 is 15.7 Å². The van der Waals surface area contributed by atoms with Crippen molar-refractivity contribution in [3.8, 4) is 0 Å². The van der Waals surface area contributed by atoms with Crippen LogP contribution in [0.2, 0.25) is 0 Å². The van der Waals surface area contributed by atoms with Crippen molar-refractivity contribution < 1.29 is 5.11 Å². The molecule has 1 aliphatic heterocycles. The van der Waals surface area contributed by atoms with Crippen LogP contribution in [-0.4, -0.2) is 40.1 Å². The van der Waals surface area contributed by atoms with Gasteiger partial charge in [-0.05, 0) is 25.3 Å². The van der Waals surface area contributed by atoms with Gasteiger partial charge in [-0.25, -0.2) is 9.97 Å². The van der Waals surface area contributed by atoms with Crippen molar-refractivity contribution in [3.05, 3.63) is 17.5 Å². The van der Waals surface area contributed by atoms with Crippen LogP contribution in [0.3, 0.4) is 0 Å². The second-order valence-electron chi connectivity index (χ2n) is 4.89. The molecule has 1 aromatic rings. The largest absolute Gasteiger partial charge is 0.393 e. The summed E-state index contributed by atoms with van der Waals surface area (Å²) in [6.07, 6.45) is 0.465. The molecule has 0 aliphatic carbocycles. The summed E-state index contributed by atoms with van der Waals surface area (Å²) in [7, 11) is 0. The fourth-order valence-electron chi connectivity index (χ4n) is 2.15. The van der Waals surface area contributed by atoms with E-state index >= 15 is 0 Å². The maximum atomic E-state index is 9.72. The molecular weight excluding hydrogens is 230 g/mol. The van der Waals surface area contributed by atoms with E-state index in [2.05, 4.69) is 9.97 Å². The quantitative estimate of drug-likeness (QED) is 0.516. The molecule has 0 bridgehead atoms. The van der Waals surface area contributed by atoms with Crippen LogP contribution >= 0.6 is 0 Å². The molecule has 1 aliphatic rings. The molecule has 0 spiro atoms. The van der Waals surface area contributed by atoms with Gasteiger partial charge >= 0.3 is 0 Å². The van der Waals surface area contributed by atoms with Gasteiger partial charge in [-0.1, -0.05) is 6.92 Å². The number of nitrogen functional groups attached to an aromatic ring is 1. The number of aliphatic hydroxyl groups is 1. The Hall–Kier alpha value is -1.69. The summed E-state index contributed by atoms with van der Waals surface area (Å²) < 4.78 is 0. The zero-order valence-electron chi connectivity index (χ0n) is 10.7. The second-order valence-corrected chi connectivity index (χ2v) is 4.89. The third-order valence-corrected chi connectivity index (χ3v) is 3.26. The molecule has 1 fully saturated rings. The van der Waals surface area contributed by atoms with Crippen LogP contribution in [0.25, 0.3) is 0 Å². The molecule has 6 nitrogen and oxygen atoms in total. The first-order valence-electron chi connectivity index (χ1n) is 6.10. The number of nitrogens with two attached hydrogens (primary N) is 1. The Morgan fingerprint density at radius 3 is 2.89 bits per heavy atom. The molecule has 2 atom stereocenters. The van der Waals surface area contributed by atoms with Gasteiger partial charge in [-0.3, -0.25) is 5.41 Å². The van der Waals surface area contributed by atoms with Crippen molar-refractivity contribution in [2.24, 2.45) is 11.7 Å². The Labute approximate surface area is 106 Å². The van der Waals surface area contributed by atoms with Gasteiger partial charge in [-0.2, -0.15) is 0 Å². The lowest BCUT2D eigenvalue weighted by Crippen LogP contribution is -2.43. The van der Waals surface area contributed by atoms with E-state index in [-0.39, 0.29) is 17.9 Å². The standard InChI is InChI=1S/C12H19N5O/c1-7-6-17(4-3-10(7)18)12-15-8(2)5-9(16-12)11(13)14/h5,7,10,18H,3-4,6H2,1-2H3,(H3,13,14). The first-order valence-corrected chi connectivity index (χ1v) is 6.10. The summed E-state index contributed by atoms with van der Waals surface area (Å²) in [6.45, 7) is 5.33. The van der Waals surface area contributed by atoms with E-state index in [1.165, 1.54) is 0 Å². The molecule has 0 saturated carbocycles. The summed E-state index contributed by atoms with van der Waals surface area (Å²) >= 11 is 0. The van der Waals surface area contributed by atoms with Crippen molar-refractivity contribution in [2.45, 2.75) is 26.4 Å². The first-order chi connectivity index (χ1) is 8.47. The number of hydrogen-bond acceptors (Lipinski definition) is 5. The number of aromatic nitrogens is 2. The van der Waals surface area contributed by atoms with Crippen molar-refractivity contribution in [3.63, 3.8) is 0 Å². The minimum atomic E-state index is -0.252. The van der Waals surface area contributed by atoms with Gasteiger partial charge in [0.1, 0.15) is 11.5 Å². The first kappa shape index (κ1) is 12.8. The fourth-order valence-corrected chi connectivity index (χ4v) is 2.15. The van der Waals surface area contributed by atoms with Crippen LogP contribution in [-0.2, 0) is 0 Å². The van der Waals surface area contributed by atoms with Crippen LogP contribution in [0.1, 0.15) is 24.7 Å². The van der Waals surface area contributed by atoms with Gasteiger partial charge in [0.05, 0.1) is 6.10 Å². The molecule has 6 heteroatoms. The highest BCUT2D eigenvalue weighted by atomic mass is 16.3. The van der Waals surface area contributed by atoms with E-state index in [0.29, 0.717) is 18.1 Å². The zero-order chi connectivity index (χ0) is 13.3. The Balaban J connectivity index is 2.25. The highest BCUT2D eigenvalue weighted by molar-refractivity contribution is 5.93. The Kier molecular flexibility index (Phi) is 3.47. The lowest BCUT2D eigenvalue weighted by Gasteiger charge is -2.34. The fraction of sp³-hybridized carbons (Fsp3) is 0.583. The summed E-state index contributed by atoms with van der Waals surface area (Å²) in [5.41, 5.74) is 6.72. The molecule has 2 unspecified atom stereocenters. The molecule has 2 rings (SSSR count). The van der Waals surface area contributed by atoms with Gasteiger partial charge in [0.2, 0.25) is 5.95 Å². The minimum absolute atomic E-state index is 0.0492. The lowest BCUT2D eigenvalue weighted by atomic mass is 9.97. The Morgan fingerprint density at radius 2 is 2.28 bits per heavy atom. The predicted molar refractivity (Wildman–Crippen MR) is 69.8 cm³/mol. The number of aryl methyl sites for hydroxylation is 1. The topological polar surface area (TPSA) is 99.1 Å². The molecule has 4 N–H and O–H groups in total. The van der Waals surface area contributed by atoms with Gasteiger partial charge in [0.25, 0.3) is 0 Å². The Bertz CT molecular complexity index is 462. The summed E-state index contributed by atoms with van der Waals surface area (Å²) in [4.78, 5) is 10.7. The smallest absolute Gasteiger partial charge is 0.226 e. The number of aliphatic hydroxyl groups excluding tert-OH is 1. The number of anilines is 1. The van der Waals surface area contributed by atoms with Gasteiger partial charge in [-0.15, -0.1) is 0 Å². The lowest BCUT2D eigenvalue weighted by molar-refractivity contribution is 0.0966. The van der Waals surface area contributed by atoms with Gasteiger partial charge in [0, 0.05) is 18.8 Å². The van der Waals surface area contributed by atoms with Crippen LogP contribution in [0.5, 0.6) is 0 Å². The van der Waals surface area contributed by atoms with E-state index in [1.807, 2.05) is 18.7 Å². The van der Waals surface area contributed by atoms with Crippen molar-refractivity contribution in [1.82, 2.24) is 9.97 Å². The predicted octanol–water partition coefficient (Wildman–Crippen LogP) is 0.276. The van der Waals surface area contributed by atoms with Gasteiger partial charge in [0.15, 0.2) is 0 Å².